The number of hydrogen-bond acceptors (Lipinski definition) is 4. The second kappa shape index (κ2) is 4.88. The summed E-state index contributed by atoms with van der Waals surface area (Å²) in [5, 5.41) is 14.0. The molecule has 0 amide bonds. The predicted octanol–water partition coefficient (Wildman–Crippen LogP) is 2.29. The standard InChI is InChI=1S/C10H14BrN3O2/c1-10(2,12-3)5-8-9(14(15)16)4-7(11)6-13-8/h4,6,12H,5H2,1-3H3. The second-order valence-corrected chi connectivity index (χ2v) is 5.10. The van der Waals surface area contributed by atoms with Crippen molar-refractivity contribution < 1.29 is 4.92 Å². The summed E-state index contributed by atoms with van der Waals surface area (Å²) in [4.78, 5) is 14.6. The highest BCUT2D eigenvalue weighted by Gasteiger charge is 2.23. The first-order valence-electron chi connectivity index (χ1n) is 4.83. The molecular formula is C10H14BrN3O2. The molecule has 0 fully saturated rings. The van der Waals surface area contributed by atoms with Crippen LogP contribution < -0.4 is 5.32 Å². The van der Waals surface area contributed by atoms with Crippen LogP contribution in [0.3, 0.4) is 0 Å². The van der Waals surface area contributed by atoms with E-state index in [0.717, 1.165) is 0 Å². The minimum Gasteiger partial charge on any atom is -0.314 e. The van der Waals surface area contributed by atoms with Crippen LogP contribution >= 0.6 is 15.9 Å². The van der Waals surface area contributed by atoms with Crippen LogP contribution in [0.2, 0.25) is 0 Å². The van der Waals surface area contributed by atoms with Gasteiger partial charge in [0, 0.05) is 28.7 Å². The Balaban J connectivity index is 3.09. The van der Waals surface area contributed by atoms with E-state index in [9.17, 15) is 10.1 Å². The Morgan fingerprint density at radius 1 is 1.62 bits per heavy atom. The molecule has 0 aliphatic carbocycles. The van der Waals surface area contributed by atoms with Gasteiger partial charge in [-0.25, -0.2) is 0 Å². The number of aromatic nitrogens is 1. The van der Waals surface area contributed by atoms with E-state index in [-0.39, 0.29) is 11.2 Å². The van der Waals surface area contributed by atoms with E-state index in [1.54, 1.807) is 6.20 Å². The fraction of sp³-hybridized carbons (Fsp3) is 0.500. The van der Waals surface area contributed by atoms with E-state index < -0.39 is 4.92 Å². The van der Waals surface area contributed by atoms with Crippen LogP contribution in [-0.4, -0.2) is 22.5 Å². The Bertz CT molecular complexity index is 407. The molecule has 5 nitrogen and oxygen atoms in total. The van der Waals surface area contributed by atoms with Crippen molar-refractivity contribution in [1.29, 1.82) is 0 Å². The van der Waals surface area contributed by atoms with Crippen LogP contribution in [0.25, 0.3) is 0 Å². The molecule has 0 atom stereocenters. The highest BCUT2D eigenvalue weighted by atomic mass is 79.9. The van der Waals surface area contributed by atoms with Gasteiger partial charge in [-0.3, -0.25) is 15.1 Å². The Hall–Kier alpha value is -1.01. The third kappa shape index (κ3) is 3.24. The first kappa shape index (κ1) is 13.1. The quantitative estimate of drug-likeness (QED) is 0.681. The monoisotopic (exact) mass is 287 g/mol. The minimum absolute atomic E-state index is 0.0534. The average molecular weight is 288 g/mol. The van der Waals surface area contributed by atoms with Gasteiger partial charge in [-0.2, -0.15) is 0 Å². The van der Waals surface area contributed by atoms with Gasteiger partial charge >= 0.3 is 0 Å². The number of nitrogens with zero attached hydrogens (tertiary/aromatic N) is 2. The predicted molar refractivity (Wildman–Crippen MR) is 65.4 cm³/mol. The molecule has 6 heteroatoms. The minimum atomic E-state index is -0.404. The first-order valence-corrected chi connectivity index (χ1v) is 5.63. The molecule has 0 aliphatic heterocycles. The third-order valence-electron chi connectivity index (χ3n) is 2.40. The summed E-state index contributed by atoms with van der Waals surface area (Å²) in [7, 11) is 1.82. The largest absolute Gasteiger partial charge is 0.314 e. The van der Waals surface area contributed by atoms with Gasteiger partial charge in [0.25, 0.3) is 5.69 Å². The van der Waals surface area contributed by atoms with Crippen LogP contribution in [0.15, 0.2) is 16.7 Å². The molecule has 0 saturated carbocycles. The Labute approximate surface area is 103 Å². The Kier molecular flexibility index (Phi) is 3.98. The maximum atomic E-state index is 10.9. The molecule has 0 aliphatic rings. The zero-order chi connectivity index (χ0) is 12.3. The number of halogens is 1. The van der Waals surface area contributed by atoms with Gasteiger partial charge < -0.3 is 5.32 Å². The molecule has 0 radical (unpaired) electrons. The summed E-state index contributed by atoms with van der Waals surface area (Å²) in [5.41, 5.74) is 0.330. The van der Waals surface area contributed by atoms with Gasteiger partial charge in [-0.1, -0.05) is 0 Å². The average Bonchev–Trinajstić information content (AvgIpc) is 2.20. The Morgan fingerprint density at radius 2 is 2.25 bits per heavy atom. The van der Waals surface area contributed by atoms with Gasteiger partial charge in [0.15, 0.2) is 0 Å². The number of nitro groups is 1. The highest BCUT2D eigenvalue weighted by molar-refractivity contribution is 9.10. The maximum absolute atomic E-state index is 10.9. The summed E-state index contributed by atoms with van der Waals surface area (Å²) >= 11 is 3.18. The summed E-state index contributed by atoms with van der Waals surface area (Å²) in [6, 6.07) is 1.48. The number of rotatable bonds is 4. The van der Waals surface area contributed by atoms with E-state index in [2.05, 4.69) is 26.2 Å². The van der Waals surface area contributed by atoms with E-state index in [4.69, 9.17) is 0 Å². The van der Waals surface area contributed by atoms with Crippen molar-refractivity contribution >= 4 is 21.6 Å². The van der Waals surface area contributed by atoms with E-state index in [1.165, 1.54) is 6.07 Å². The first-order chi connectivity index (χ1) is 7.35. The second-order valence-electron chi connectivity index (χ2n) is 4.19. The normalized spacial score (nSPS) is 11.5. The van der Waals surface area contributed by atoms with Crippen LogP contribution in [0, 0.1) is 10.1 Å². The molecule has 0 aromatic carbocycles. The SMILES string of the molecule is CNC(C)(C)Cc1ncc(Br)cc1[N+](=O)[O-]. The maximum Gasteiger partial charge on any atom is 0.291 e. The van der Waals surface area contributed by atoms with Crippen molar-refractivity contribution in [2.75, 3.05) is 7.05 Å². The van der Waals surface area contributed by atoms with Crippen molar-refractivity contribution in [1.82, 2.24) is 10.3 Å². The van der Waals surface area contributed by atoms with Gasteiger partial charge in [-0.05, 0) is 36.8 Å². The van der Waals surface area contributed by atoms with Gasteiger partial charge in [0.1, 0.15) is 5.69 Å². The lowest BCUT2D eigenvalue weighted by Gasteiger charge is -2.23. The van der Waals surface area contributed by atoms with E-state index >= 15 is 0 Å². The van der Waals surface area contributed by atoms with Gasteiger partial charge in [-0.15, -0.1) is 0 Å². The summed E-state index contributed by atoms with van der Waals surface area (Å²) in [5.74, 6) is 0. The molecule has 16 heavy (non-hydrogen) atoms. The number of hydrogen-bond donors (Lipinski definition) is 1. The van der Waals surface area contributed by atoms with Crippen LogP contribution in [-0.2, 0) is 6.42 Å². The number of likely N-dealkylation sites (N-methyl/N-ethyl adjacent to an activating group) is 1. The van der Waals surface area contributed by atoms with Crippen molar-refractivity contribution in [3.8, 4) is 0 Å². The van der Waals surface area contributed by atoms with Crippen molar-refractivity contribution in [3.63, 3.8) is 0 Å². The summed E-state index contributed by atoms with van der Waals surface area (Å²) in [6.07, 6.45) is 2.08. The van der Waals surface area contributed by atoms with Crippen LogP contribution in [0.4, 0.5) is 5.69 Å². The van der Waals surface area contributed by atoms with Crippen molar-refractivity contribution in [2.24, 2.45) is 0 Å². The molecule has 0 spiro atoms. The van der Waals surface area contributed by atoms with Crippen LogP contribution in [0.5, 0.6) is 0 Å². The highest BCUT2D eigenvalue weighted by Crippen LogP contribution is 2.24. The van der Waals surface area contributed by atoms with Gasteiger partial charge in [0.2, 0.25) is 0 Å². The topological polar surface area (TPSA) is 68.1 Å². The molecular weight excluding hydrogens is 274 g/mol. The molecule has 1 aromatic rings. The lowest BCUT2D eigenvalue weighted by atomic mass is 9.98. The smallest absolute Gasteiger partial charge is 0.291 e. The van der Waals surface area contributed by atoms with E-state index in [0.29, 0.717) is 16.6 Å². The Morgan fingerprint density at radius 3 is 2.75 bits per heavy atom. The van der Waals surface area contributed by atoms with Crippen molar-refractivity contribution in [3.05, 3.63) is 32.5 Å². The zero-order valence-electron chi connectivity index (χ0n) is 9.45. The molecule has 1 aromatic heterocycles. The van der Waals surface area contributed by atoms with Crippen LogP contribution in [0.1, 0.15) is 19.5 Å². The molecule has 1 rings (SSSR count). The molecule has 0 bridgehead atoms. The van der Waals surface area contributed by atoms with Crippen molar-refractivity contribution in [2.45, 2.75) is 25.8 Å². The summed E-state index contributed by atoms with van der Waals surface area (Å²) in [6.45, 7) is 3.95. The fourth-order valence-electron chi connectivity index (χ4n) is 1.26. The molecule has 88 valence electrons. The molecule has 0 saturated heterocycles. The summed E-state index contributed by atoms with van der Waals surface area (Å²) < 4.78 is 0.616. The van der Waals surface area contributed by atoms with E-state index in [1.807, 2.05) is 20.9 Å². The molecule has 0 unspecified atom stereocenters. The lowest BCUT2D eigenvalue weighted by molar-refractivity contribution is -0.386. The fourth-order valence-corrected chi connectivity index (χ4v) is 1.58. The zero-order valence-corrected chi connectivity index (χ0v) is 11.0. The number of nitrogens with one attached hydrogen (secondary N) is 1. The number of pyridine rings is 1. The van der Waals surface area contributed by atoms with Gasteiger partial charge in [0.05, 0.1) is 4.92 Å². The molecule has 1 heterocycles. The third-order valence-corrected chi connectivity index (χ3v) is 2.83. The molecule has 1 N–H and O–H groups in total. The lowest BCUT2D eigenvalue weighted by Crippen LogP contribution is -2.38.